The molecule has 7 heteroatoms. The van der Waals surface area contributed by atoms with E-state index in [0.717, 1.165) is 53.5 Å². The van der Waals surface area contributed by atoms with Crippen LogP contribution in [-0.4, -0.2) is 27.9 Å². The van der Waals surface area contributed by atoms with E-state index in [1.54, 1.807) is 12.1 Å². The number of furan rings is 1. The average molecular weight is 550 g/mol. The van der Waals surface area contributed by atoms with Gasteiger partial charge in [0.25, 0.3) is 5.91 Å². The van der Waals surface area contributed by atoms with Crippen molar-refractivity contribution < 1.29 is 19.1 Å². The van der Waals surface area contributed by atoms with Gasteiger partial charge < -0.3 is 14.4 Å². The van der Waals surface area contributed by atoms with Crippen LogP contribution in [0.5, 0.6) is 0 Å². The molecule has 38 heavy (non-hydrogen) atoms. The lowest BCUT2D eigenvalue weighted by Gasteiger charge is -2.33. The van der Waals surface area contributed by atoms with Crippen LogP contribution in [0.15, 0.2) is 77.2 Å². The van der Waals surface area contributed by atoms with E-state index < -0.39 is 17.9 Å². The smallest absolute Gasteiger partial charge is 0.326 e. The normalized spacial score (nSPS) is 14.9. The third kappa shape index (κ3) is 5.90. The van der Waals surface area contributed by atoms with E-state index in [-0.39, 0.29) is 23.0 Å². The minimum absolute atomic E-state index is 0.141. The molecular weight excluding hydrogens is 521 g/mol. The molecule has 1 aliphatic rings. The quantitative estimate of drug-likeness (QED) is 0.239. The Morgan fingerprint density at radius 3 is 2.37 bits per heavy atom. The molecule has 1 amide bonds. The highest BCUT2D eigenvalue weighted by molar-refractivity contribution is 6.36. The van der Waals surface area contributed by atoms with E-state index in [9.17, 15) is 14.7 Å². The van der Waals surface area contributed by atoms with E-state index in [1.165, 1.54) is 17.4 Å². The van der Waals surface area contributed by atoms with Crippen molar-refractivity contribution in [1.29, 1.82) is 0 Å². The van der Waals surface area contributed by atoms with E-state index in [4.69, 9.17) is 27.6 Å². The molecule has 3 aromatic carbocycles. The first-order chi connectivity index (χ1) is 18.4. The van der Waals surface area contributed by atoms with E-state index in [0.29, 0.717) is 11.4 Å². The average Bonchev–Trinajstić information content (AvgIpc) is 3.35. The van der Waals surface area contributed by atoms with Gasteiger partial charge >= 0.3 is 5.97 Å². The third-order valence-electron chi connectivity index (χ3n) is 7.38. The molecule has 1 N–H and O–H groups in total. The Bertz CT molecular complexity index is 1410. The lowest BCUT2D eigenvalue weighted by molar-refractivity contribution is -0.143. The Hall–Kier alpha value is -3.28. The van der Waals surface area contributed by atoms with Gasteiger partial charge in [0, 0.05) is 22.5 Å². The molecule has 5 nitrogen and oxygen atoms in total. The summed E-state index contributed by atoms with van der Waals surface area (Å²) in [4.78, 5) is 27.8. The van der Waals surface area contributed by atoms with Crippen LogP contribution in [0.25, 0.3) is 22.3 Å². The second kappa shape index (κ2) is 11.6. The number of halogens is 2. The monoisotopic (exact) mass is 549 g/mol. The molecule has 0 spiro atoms. The third-order valence-corrected chi connectivity index (χ3v) is 7.93. The van der Waals surface area contributed by atoms with Crippen molar-refractivity contribution in [1.82, 2.24) is 4.90 Å². The Kier molecular flexibility index (Phi) is 8.06. The van der Waals surface area contributed by atoms with Gasteiger partial charge in [-0.25, -0.2) is 4.79 Å². The molecule has 1 fully saturated rings. The van der Waals surface area contributed by atoms with Gasteiger partial charge in [-0.3, -0.25) is 4.79 Å². The van der Waals surface area contributed by atoms with E-state index >= 15 is 0 Å². The van der Waals surface area contributed by atoms with Crippen LogP contribution in [0.4, 0.5) is 0 Å². The first kappa shape index (κ1) is 26.3. The molecule has 1 aliphatic carbocycles. The van der Waals surface area contributed by atoms with Gasteiger partial charge in [0.2, 0.25) is 0 Å². The SMILES string of the molecule is O=C(O)[C@H](CC1CCCCC1)N(Cc1ccc(-c2cc3ccccc3o2)cc1)C(=O)c1ccc(Cl)cc1Cl. The van der Waals surface area contributed by atoms with Gasteiger partial charge in [0.05, 0.1) is 10.6 Å². The van der Waals surface area contributed by atoms with Crippen LogP contribution in [0.2, 0.25) is 10.0 Å². The molecule has 1 aromatic heterocycles. The van der Waals surface area contributed by atoms with Gasteiger partial charge in [-0.05, 0) is 48.2 Å². The van der Waals surface area contributed by atoms with Gasteiger partial charge in [-0.1, -0.05) is 97.8 Å². The summed E-state index contributed by atoms with van der Waals surface area (Å²) in [5.41, 5.74) is 2.78. The maximum absolute atomic E-state index is 13.8. The summed E-state index contributed by atoms with van der Waals surface area (Å²) in [6.45, 7) is 0.141. The maximum Gasteiger partial charge on any atom is 0.326 e. The number of aliphatic carboxylic acids is 1. The number of carboxylic acids is 1. The number of hydrogen-bond acceptors (Lipinski definition) is 3. The zero-order valence-electron chi connectivity index (χ0n) is 20.9. The Morgan fingerprint density at radius 1 is 0.947 bits per heavy atom. The predicted molar refractivity (Wildman–Crippen MR) is 151 cm³/mol. The van der Waals surface area contributed by atoms with Gasteiger partial charge in [-0.2, -0.15) is 0 Å². The van der Waals surface area contributed by atoms with Crippen molar-refractivity contribution in [3.63, 3.8) is 0 Å². The molecule has 0 aliphatic heterocycles. The van der Waals surface area contributed by atoms with Gasteiger partial charge in [0.1, 0.15) is 17.4 Å². The first-order valence-corrected chi connectivity index (χ1v) is 13.7. The standard InChI is InChI=1S/C31H29Cl2NO4/c32-24-14-15-25(26(33)18-24)30(35)34(27(31(36)37)16-20-6-2-1-3-7-20)19-21-10-12-22(13-11-21)29-17-23-8-4-5-9-28(23)38-29/h4-5,8-15,17-18,20,27H,1-3,6-7,16,19H2,(H,36,37)/t27-/m0/s1. The highest BCUT2D eigenvalue weighted by atomic mass is 35.5. The fourth-order valence-electron chi connectivity index (χ4n) is 5.34. The Labute approximate surface area is 232 Å². The van der Waals surface area contributed by atoms with Crippen molar-refractivity contribution in [3.8, 4) is 11.3 Å². The molecule has 0 radical (unpaired) electrons. The Balaban J connectivity index is 1.44. The number of rotatable bonds is 8. The molecule has 0 bridgehead atoms. The summed E-state index contributed by atoms with van der Waals surface area (Å²) in [7, 11) is 0. The number of benzene rings is 3. The van der Waals surface area contributed by atoms with Crippen molar-refractivity contribution >= 4 is 46.0 Å². The molecular formula is C31H29Cl2NO4. The topological polar surface area (TPSA) is 70.8 Å². The lowest BCUT2D eigenvalue weighted by Crippen LogP contribution is -2.46. The lowest BCUT2D eigenvalue weighted by atomic mass is 9.84. The van der Waals surface area contributed by atoms with Crippen LogP contribution in [0.1, 0.15) is 54.4 Å². The van der Waals surface area contributed by atoms with Crippen LogP contribution in [0, 0.1) is 5.92 Å². The molecule has 0 unspecified atom stereocenters. The summed E-state index contributed by atoms with van der Waals surface area (Å²) in [5.74, 6) is -0.403. The second-order valence-electron chi connectivity index (χ2n) is 10.00. The largest absolute Gasteiger partial charge is 0.480 e. The fraction of sp³-hybridized carbons (Fsp3) is 0.290. The number of fused-ring (bicyclic) bond motifs is 1. The molecule has 5 rings (SSSR count). The van der Waals surface area contributed by atoms with Crippen LogP contribution in [0.3, 0.4) is 0 Å². The molecule has 1 atom stereocenters. The summed E-state index contributed by atoms with van der Waals surface area (Å²) >= 11 is 12.4. The predicted octanol–water partition coefficient (Wildman–Crippen LogP) is 8.47. The summed E-state index contributed by atoms with van der Waals surface area (Å²) in [6.07, 6.45) is 5.76. The van der Waals surface area contributed by atoms with E-state index in [2.05, 4.69) is 0 Å². The minimum atomic E-state index is -1.01. The molecule has 196 valence electrons. The zero-order chi connectivity index (χ0) is 26.6. The molecule has 4 aromatic rings. The summed E-state index contributed by atoms with van der Waals surface area (Å²) in [6, 6.07) is 21.2. The molecule has 0 saturated heterocycles. The number of amides is 1. The van der Waals surface area contributed by atoms with Crippen LogP contribution in [-0.2, 0) is 11.3 Å². The summed E-state index contributed by atoms with van der Waals surface area (Å²) in [5, 5.41) is 11.9. The first-order valence-electron chi connectivity index (χ1n) is 13.0. The zero-order valence-corrected chi connectivity index (χ0v) is 22.4. The number of carbonyl (C=O) groups is 2. The molecule has 1 saturated carbocycles. The second-order valence-corrected chi connectivity index (χ2v) is 10.8. The number of para-hydroxylation sites is 1. The minimum Gasteiger partial charge on any atom is -0.480 e. The van der Waals surface area contributed by atoms with Crippen molar-refractivity contribution in [2.45, 2.75) is 51.1 Å². The van der Waals surface area contributed by atoms with Crippen molar-refractivity contribution in [2.24, 2.45) is 5.92 Å². The number of hydrogen-bond donors (Lipinski definition) is 1. The summed E-state index contributed by atoms with van der Waals surface area (Å²) < 4.78 is 5.98. The van der Waals surface area contributed by atoms with Crippen LogP contribution >= 0.6 is 23.2 Å². The number of carboxylic acid groups (broad SMARTS) is 1. The van der Waals surface area contributed by atoms with Gasteiger partial charge in [-0.15, -0.1) is 0 Å². The van der Waals surface area contributed by atoms with Gasteiger partial charge in [0.15, 0.2) is 0 Å². The van der Waals surface area contributed by atoms with Crippen molar-refractivity contribution in [3.05, 3.63) is 94.0 Å². The Morgan fingerprint density at radius 2 is 1.68 bits per heavy atom. The highest BCUT2D eigenvalue weighted by Gasteiger charge is 2.34. The fourth-order valence-corrected chi connectivity index (χ4v) is 5.83. The highest BCUT2D eigenvalue weighted by Crippen LogP contribution is 2.32. The maximum atomic E-state index is 13.8. The van der Waals surface area contributed by atoms with Crippen molar-refractivity contribution in [2.75, 3.05) is 0 Å². The number of carbonyl (C=O) groups excluding carboxylic acids is 1. The molecule has 1 heterocycles. The number of nitrogens with zero attached hydrogens (tertiary/aromatic N) is 1. The van der Waals surface area contributed by atoms with E-state index in [1.807, 2.05) is 54.6 Å². The van der Waals surface area contributed by atoms with Crippen LogP contribution < -0.4 is 0 Å².